The zero-order valence-electron chi connectivity index (χ0n) is 14.2. The fourth-order valence-corrected chi connectivity index (χ4v) is 4.75. The van der Waals surface area contributed by atoms with E-state index in [0.717, 1.165) is 28.0 Å². The van der Waals surface area contributed by atoms with E-state index in [1.807, 2.05) is 17.0 Å². The van der Waals surface area contributed by atoms with Crippen molar-refractivity contribution in [3.05, 3.63) is 48.2 Å². The van der Waals surface area contributed by atoms with Gasteiger partial charge in [-0.05, 0) is 6.07 Å². The molecule has 8 heteroatoms. The number of nitrogens with one attached hydrogen (secondary N) is 2. The molecule has 6 nitrogen and oxygen atoms in total. The largest absolute Gasteiger partial charge is 0.358 e. The number of nitrogens with zero attached hydrogens (tertiary/aromatic N) is 3. The van der Waals surface area contributed by atoms with Crippen molar-refractivity contribution in [2.45, 2.75) is 17.3 Å². The fourth-order valence-electron chi connectivity index (χ4n) is 3.09. The molecule has 0 atom stereocenters. The number of anilines is 1. The van der Waals surface area contributed by atoms with Gasteiger partial charge >= 0.3 is 0 Å². The number of hydrogen-bond donors (Lipinski definition) is 2. The van der Waals surface area contributed by atoms with Gasteiger partial charge in [0.25, 0.3) is 0 Å². The van der Waals surface area contributed by atoms with Gasteiger partial charge in [0.1, 0.15) is 0 Å². The number of thioether (sulfide) groups is 1. The quantitative estimate of drug-likeness (QED) is 0.503. The molecule has 0 saturated heterocycles. The minimum atomic E-state index is 0.140. The Morgan fingerprint density at radius 3 is 3.19 bits per heavy atom. The Balaban J connectivity index is 1.38. The number of carbonyl (C=O) groups is 1. The molecule has 3 heterocycles. The lowest BCUT2D eigenvalue weighted by atomic mass is 10.0. The summed E-state index contributed by atoms with van der Waals surface area (Å²) in [5.41, 5.74) is 3.65. The van der Waals surface area contributed by atoms with Crippen LogP contribution in [0.25, 0.3) is 10.9 Å². The van der Waals surface area contributed by atoms with Crippen LogP contribution < -0.4 is 5.32 Å². The molecular weight excluding hydrogens is 366 g/mol. The van der Waals surface area contributed by atoms with E-state index in [9.17, 15) is 4.79 Å². The molecule has 0 bridgehead atoms. The van der Waals surface area contributed by atoms with Gasteiger partial charge in [-0.15, -0.1) is 16.8 Å². The third kappa shape index (κ3) is 3.47. The Hall–Kier alpha value is -2.32. The van der Waals surface area contributed by atoms with E-state index in [-0.39, 0.29) is 5.91 Å². The lowest BCUT2D eigenvalue weighted by Gasteiger charge is -2.27. The second-order valence-corrected chi connectivity index (χ2v) is 8.22. The van der Waals surface area contributed by atoms with Gasteiger partial charge in [-0.2, -0.15) is 0 Å². The van der Waals surface area contributed by atoms with Crippen LogP contribution in [0.4, 0.5) is 5.13 Å². The van der Waals surface area contributed by atoms with Gasteiger partial charge in [-0.25, -0.2) is 0 Å². The molecule has 0 unspecified atom stereocenters. The molecule has 1 aliphatic heterocycles. The maximum absolute atomic E-state index is 12.6. The molecule has 0 saturated carbocycles. The SMILES string of the molecule is C=CCNc1nnc(SCC(=O)N2CCc3[nH]c4ccccc4c3C2)s1. The average molecular weight is 386 g/mol. The summed E-state index contributed by atoms with van der Waals surface area (Å²) in [6.45, 7) is 5.73. The van der Waals surface area contributed by atoms with Crippen molar-refractivity contribution < 1.29 is 4.79 Å². The predicted octanol–water partition coefficient (Wildman–Crippen LogP) is 3.29. The Morgan fingerprint density at radius 1 is 1.42 bits per heavy atom. The Morgan fingerprint density at radius 2 is 2.31 bits per heavy atom. The third-order valence-electron chi connectivity index (χ3n) is 4.36. The van der Waals surface area contributed by atoms with Crippen molar-refractivity contribution in [1.82, 2.24) is 20.1 Å². The zero-order chi connectivity index (χ0) is 17.9. The maximum Gasteiger partial charge on any atom is 0.233 e. The fraction of sp³-hybridized carbons (Fsp3) is 0.278. The molecule has 2 N–H and O–H groups in total. The smallest absolute Gasteiger partial charge is 0.233 e. The van der Waals surface area contributed by atoms with Crippen molar-refractivity contribution in [2.75, 3.05) is 24.2 Å². The van der Waals surface area contributed by atoms with Crippen LogP contribution in [0.3, 0.4) is 0 Å². The highest BCUT2D eigenvalue weighted by Crippen LogP contribution is 2.29. The van der Waals surface area contributed by atoms with E-state index in [1.165, 1.54) is 39.7 Å². The molecule has 4 rings (SSSR count). The van der Waals surface area contributed by atoms with Gasteiger partial charge in [0.05, 0.1) is 5.75 Å². The number of rotatable bonds is 6. The molecule has 0 radical (unpaired) electrons. The third-order valence-corrected chi connectivity index (χ3v) is 6.36. The highest BCUT2D eigenvalue weighted by Gasteiger charge is 2.24. The molecule has 26 heavy (non-hydrogen) atoms. The summed E-state index contributed by atoms with van der Waals surface area (Å²) < 4.78 is 0.801. The average Bonchev–Trinajstić information content (AvgIpc) is 3.28. The van der Waals surface area contributed by atoms with E-state index in [0.29, 0.717) is 18.8 Å². The van der Waals surface area contributed by atoms with Gasteiger partial charge in [0, 0.05) is 48.2 Å². The minimum absolute atomic E-state index is 0.140. The number of hydrogen-bond acceptors (Lipinski definition) is 6. The van der Waals surface area contributed by atoms with Gasteiger partial charge in [0.2, 0.25) is 11.0 Å². The summed E-state index contributed by atoms with van der Waals surface area (Å²) in [7, 11) is 0. The summed E-state index contributed by atoms with van der Waals surface area (Å²) in [5.74, 6) is 0.523. The first kappa shape index (κ1) is 17.1. The second kappa shape index (κ2) is 7.51. The van der Waals surface area contributed by atoms with Crippen LogP contribution in [0.1, 0.15) is 11.3 Å². The second-order valence-electron chi connectivity index (χ2n) is 6.02. The molecule has 2 aromatic heterocycles. The number of benzene rings is 1. The lowest BCUT2D eigenvalue weighted by Crippen LogP contribution is -2.36. The van der Waals surface area contributed by atoms with E-state index in [4.69, 9.17) is 0 Å². The molecule has 0 fully saturated rings. The molecule has 1 aromatic carbocycles. The first-order valence-electron chi connectivity index (χ1n) is 8.42. The predicted molar refractivity (Wildman–Crippen MR) is 107 cm³/mol. The molecule has 1 amide bonds. The number of fused-ring (bicyclic) bond motifs is 3. The van der Waals surface area contributed by atoms with Crippen molar-refractivity contribution >= 4 is 45.0 Å². The first-order chi connectivity index (χ1) is 12.7. The van der Waals surface area contributed by atoms with E-state index >= 15 is 0 Å². The van der Waals surface area contributed by atoms with Crippen molar-refractivity contribution in [1.29, 1.82) is 0 Å². The van der Waals surface area contributed by atoms with Gasteiger partial charge in [-0.1, -0.05) is 47.4 Å². The van der Waals surface area contributed by atoms with Gasteiger partial charge < -0.3 is 15.2 Å². The number of aromatic amines is 1. The standard InChI is InChI=1S/C18H19N5OS2/c1-2-8-19-17-21-22-18(26-17)25-11-16(24)23-9-7-15-13(10-23)12-5-3-4-6-14(12)20-15/h2-6,20H,1,7-11H2,(H,19,21). The minimum Gasteiger partial charge on any atom is -0.358 e. The van der Waals surface area contributed by atoms with Crippen LogP contribution in [0.15, 0.2) is 41.3 Å². The Labute approximate surface area is 159 Å². The van der Waals surface area contributed by atoms with Gasteiger partial charge in [0.15, 0.2) is 4.34 Å². The number of carbonyl (C=O) groups excluding carboxylic acids is 1. The highest BCUT2D eigenvalue weighted by atomic mass is 32.2. The Kier molecular flexibility index (Phi) is 4.94. The van der Waals surface area contributed by atoms with Gasteiger partial charge in [-0.3, -0.25) is 4.79 Å². The number of para-hydroxylation sites is 1. The number of H-pyrrole nitrogens is 1. The summed E-state index contributed by atoms with van der Waals surface area (Å²) in [5, 5.41) is 13.2. The van der Waals surface area contributed by atoms with E-state index in [2.05, 4.69) is 39.2 Å². The zero-order valence-corrected chi connectivity index (χ0v) is 15.8. The summed E-state index contributed by atoms with van der Waals surface area (Å²) >= 11 is 2.90. The normalized spacial score (nSPS) is 13.6. The van der Waals surface area contributed by atoms with Crippen LogP contribution in [0, 0.1) is 0 Å². The van der Waals surface area contributed by atoms with Crippen LogP contribution in [0.2, 0.25) is 0 Å². The van der Waals surface area contributed by atoms with Crippen LogP contribution >= 0.6 is 23.1 Å². The molecule has 0 aliphatic carbocycles. The lowest BCUT2D eigenvalue weighted by molar-refractivity contribution is -0.129. The summed E-state index contributed by atoms with van der Waals surface area (Å²) in [6, 6.07) is 8.28. The monoisotopic (exact) mass is 385 g/mol. The first-order valence-corrected chi connectivity index (χ1v) is 10.2. The van der Waals surface area contributed by atoms with E-state index < -0.39 is 0 Å². The molecular formula is C18H19N5OS2. The molecule has 1 aliphatic rings. The summed E-state index contributed by atoms with van der Waals surface area (Å²) in [4.78, 5) is 18.1. The van der Waals surface area contributed by atoms with Crippen LogP contribution in [0.5, 0.6) is 0 Å². The highest BCUT2D eigenvalue weighted by molar-refractivity contribution is 8.01. The van der Waals surface area contributed by atoms with E-state index in [1.54, 1.807) is 6.08 Å². The van der Waals surface area contributed by atoms with Crippen molar-refractivity contribution in [3.63, 3.8) is 0 Å². The number of amides is 1. The Bertz CT molecular complexity index is 948. The van der Waals surface area contributed by atoms with Crippen molar-refractivity contribution in [3.8, 4) is 0 Å². The topological polar surface area (TPSA) is 73.9 Å². The number of aromatic nitrogens is 3. The molecule has 3 aromatic rings. The molecule has 134 valence electrons. The van der Waals surface area contributed by atoms with Crippen LogP contribution in [-0.2, 0) is 17.8 Å². The maximum atomic E-state index is 12.6. The molecule has 0 spiro atoms. The van der Waals surface area contributed by atoms with Crippen molar-refractivity contribution in [2.24, 2.45) is 0 Å². The van der Waals surface area contributed by atoms with Crippen LogP contribution in [-0.4, -0.2) is 44.8 Å². The summed E-state index contributed by atoms with van der Waals surface area (Å²) in [6.07, 6.45) is 2.64.